The Morgan fingerprint density at radius 1 is 0.771 bits per heavy atom. The Labute approximate surface area is 207 Å². The van der Waals surface area contributed by atoms with Crippen LogP contribution in [0.1, 0.15) is 77.6 Å². The minimum atomic E-state index is -3.98. The SMILES string of the molecule is CCCCCCCCCCCCCS(=O)(=O)[O-].O=[N+]([O-])c1ccc(-[n+]2ccccc2)c([N+](=O)[O-])c1. The van der Waals surface area contributed by atoms with Crippen molar-refractivity contribution in [1.29, 1.82) is 0 Å². The summed E-state index contributed by atoms with van der Waals surface area (Å²) in [5.74, 6) is -0.190. The molecule has 0 aliphatic carbocycles. The molecule has 10 nitrogen and oxygen atoms in total. The van der Waals surface area contributed by atoms with Gasteiger partial charge in [-0.2, -0.15) is 4.57 Å². The number of hydrogen-bond acceptors (Lipinski definition) is 7. The van der Waals surface area contributed by atoms with Crippen LogP contribution in [0.25, 0.3) is 5.69 Å². The highest BCUT2D eigenvalue weighted by atomic mass is 32.2. The Bertz CT molecular complexity index is 1020. The number of rotatable bonds is 15. The van der Waals surface area contributed by atoms with Crippen molar-refractivity contribution in [2.75, 3.05) is 5.75 Å². The highest BCUT2D eigenvalue weighted by Crippen LogP contribution is 2.24. The van der Waals surface area contributed by atoms with Crippen LogP contribution < -0.4 is 4.57 Å². The molecule has 0 aliphatic heterocycles. The Balaban J connectivity index is 0.000000351. The van der Waals surface area contributed by atoms with Crippen LogP contribution in [0, 0.1) is 20.2 Å². The zero-order valence-electron chi connectivity index (χ0n) is 20.2. The molecular weight excluding hydrogens is 474 g/mol. The molecule has 1 heterocycles. The van der Waals surface area contributed by atoms with E-state index in [4.69, 9.17) is 0 Å². The molecular formula is C24H35N3O7S. The molecule has 0 saturated heterocycles. The minimum absolute atomic E-state index is 0.190. The Morgan fingerprint density at radius 2 is 1.29 bits per heavy atom. The van der Waals surface area contributed by atoms with Crippen molar-refractivity contribution in [3.8, 4) is 5.69 Å². The molecule has 0 saturated carbocycles. The van der Waals surface area contributed by atoms with Crippen LogP contribution in [-0.4, -0.2) is 28.6 Å². The maximum atomic E-state index is 10.9. The van der Waals surface area contributed by atoms with Crippen LogP contribution in [0.4, 0.5) is 11.4 Å². The van der Waals surface area contributed by atoms with Crippen molar-refractivity contribution >= 4 is 21.5 Å². The molecule has 35 heavy (non-hydrogen) atoms. The van der Waals surface area contributed by atoms with E-state index in [1.54, 1.807) is 30.6 Å². The summed E-state index contributed by atoms with van der Waals surface area (Å²) < 4.78 is 32.5. The van der Waals surface area contributed by atoms with E-state index in [1.165, 1.54) is 68.1 Å². The quantitative estimate of drug-likeness (QED) is 0.0994. The second-order valence-electron chi connectivity index (χ2n) is 8.27. The van der Waals surface area contributed by atoms with E-state index in [9.17, 15) is 33.2 Å². The van der Waals surface area contributed by atoms with Gasteiger partial charge in [-0.15, -0.1) is 0 Å². The van der Waals surface area contributed by atoms with E-state index in [-0.39, 0.29) is 22.8 Å². The highest BCUT2D eigenvalue weighted by molar-refractivity contribution is 7.85. The summed E-state index contributed by atoms with van der Waals surface area (Å²) in [6.07, 6.45) is 16.1. The van der Waals surface area contributed by atoms with Gasteiger partial charge in [-0.05, 0) is 6.42 Å². The lowest BCUT2D eigenvalue weighted by atomic mass is 10.1. The smallest absolute Gasteiger partial charge is 0.347 e. The molecule has 0 amide bonds. The molecule has 0 aliphatic rings. The van der Waals surface area contributed by atoms with E-state index in [0.29, 0.717) is 6.42 Å². The summed E-state index contributed by atoms with van der Waals surface area (Å²) in [6, 6.07) is 8.75. The summed E-state index contributed by atoms with van der Waals surface area (Å²) in [5, 5.41) is 21.5. The van der Waals surface area contributed by atoms with Crippen LogP contribution >= 0.6 is 0 Å². The van der Waals surface area contributed by atoms with Gasteiger partial charge in [0.05, 0.1) is 20.0 Å². The first-order valence-corrected chi connectivity index (χ1v) is 13.6. The van der Waals surface area contributed by atoms with E-state index in [1.807, 2.05) is 0 Å². The molecule has 2 rings (SSSR count). The maximum absolute atomic E-state index is 10.9. The molecule has 0 unspecified atom stereocenters. The molecule has 1 aromatic heterocycles. The van der Waals surface area contributed by atoms with Gasteiger partial charge in [0.2, 0.25) is 0 Å². The van der Waals surface area contributed by atoms with E-state index < -0.39 is 20.0 Å². The van der Waals surface area contributed by atoms with Crippen molar-refractivity contribution in [1.82, 2.24) is 0 Å². The molecule has 0 fully saturated rings. The summed E-state index contributed by atoms with van der Waals surface area (Å²) >= 11 is 0. The molecule has 2 aromatic rings. The zero-order valence-corrected chi connectivity index (χ0v) is 21.0. The average Bonchev–Trinajstić information content (AvgIpc) is 2.82. The number of nitrogens with zero attached hydrogens (tertiary/aromatic N) is 3. The third-order valence-electron chi connectivity index (χ3n) is 5.36. The number of benzene rings is 1. The van der Waals surface area contributed by atoms with Crippen molar-refractivity contribution < 1.29 is 27.4 Å². The predicted molar refractivity (Wildman–Crippen MR) is 132 cm³/mol. The maximum Gasteiger partial charge on any atom is 0.347 e. The molecule has 0 radical (unpaired) electrons. The number of aromatic nitrogens is 1. The van der Waals surface area contributed by atoms with Gasteiger partial charge in [0, 0.05) is 30.0 Å². The lowest BCUT2D eigenvalue weighted by Crippen LogP contribution is -2.30. The highest BCUT2D eigenvalue weighted by Gasteiger charge is 2.25. The lowest BCUT2D eigenvalue weighted by molar-refractivity contribution is -0.600. The number of unbranched alkanes of at least 4 members (excludes halogenated alkanes) is 10. The third kappa shape index (κ3) is 13.5. The fourth-order valence-electron chi connectivity index (χ4n) is 3.49. The summed E-state index contributed by atoms with van der Waals surface area (Å²) in [6.45, 7) is 2.22. The van der Waals surface area contributed by atoms with Crippen LogP contribution in [0.15, 0.2) is 48.8 Å². The second-order valence-corrected chi connectivity index (χ2v) is 9.79. The van der Waals surface area contributed by atoms with E-state index in [2.05, 4.69) is 6.92 Å². The number of nitro groups is 2. The zero-order chi connectivity index (χ0) is 26.1. The Kier molecular flexibility index (Phi) is 14.3. The predicted octanol–water partition coefficient (Wildman–Crippen LogP) is 5.62. The normalized spacial score (nSPS) is 10.9. The summed E-state index contributed by atoms with van der Waals surface area (Å²) in [7, 11) is -3.98. The number of nitro benzene ring substituents is 2. The first kappa shape index (κ1) is 30.1. The minimum Gasteiger partial charge on any atom is -0.748 e. The van der Waals surface area contributed by atoms with Gasteiger partial charge < -0.3 is 4.55 Å². The van der Waals surface area contributed by atoms with Crippen LogP contribution in [0.3, 0.4) is 0 Å². The monoisotopic (exact) mass is 509 g/mol. The van der Waals surface area contributed by atoms with Crippen LogP contribution in [0.2, 0.25) is 0 Å². The van der Waals surface area contributed by atoms with Crippen molar-refractivity contribution in [2.45, 2.75) is 77.6 Å². The number of non-ortho nitro benzene ring substituents is 1. The molecule has 0 spiro atoms. The van der Waals surface area contributed by atoms with E-state index >= 15 is 0 Å². The van der Waals surface area contributed by atoms with Crippen molar-refractivity contribution in [3.05, 3.63) is 69.0 Å². The molecule has 11 heteroatoms. The van der Waals surface area contributed by atoms with Gasteiger partial charge in [0.1, 0.15) is 6.07 Å². The Morgan fingerprint density at radius 3 is 1.74 bits per heavy atom. The number of pyridine rings is 1. The molecule has 1 aromatic carbocycles. The first-order chi connectivity index (χ1) is 16.7. The Hall–Kier alpha value is -2.92. The van der Waals surface area contributed by atoms with Crippen molar-refractivity contribution in [2.24, 2.45) is 0 Å². The van der Waals surface area contributed by atoms with Crippen LogP contribution in [-0.2, 0) is 10.1 Å². The average molecular weight is 510 g/mol. The fraction of sp³-hybridized carbons (Fsp3) is 0.542. The van der Waals surface area contributed by atoms with Gasteiger partial charge in [-0.25, -0.2) is 8.42 Å². The van der Waals surface area contributed by atoms with Gasteiger partial charge in [0.25, 0.3) is 11.4 Å². The van der Waals surface area contributed by atoms with E-state index in [0.717, 1.165) is 18.9 Å². The largest absolute Gasteiger partial charge is 0.748 e. The van der Waals surface area contributed by atoms with Crippen LogP contribution in [0.5, 0.6) is 0 Å². The second kappa shape index (κ2) is 16.7. The molecule has 0 N–H and O–H groups in total. The van der Waals surface area contributed by atoms with Gasteiger partial charge in [0.15, 0.2) is 12.4 Å². The lowest BCUT2D eigenvalue weighted by Gasteiger charge is -2.06. The molecule has 0 bridgehead atoms. The van der Waals surface area contributed by atoms with Gasteiger partial charge >= 0.3 is 5.69 Å². The molecule has 194 valence electrons. The number of hydrogen-bond donors (Lipinski definition) is 0. The van der Waals surface area contributed by atoms with Gasteiger partial charge in [-0.3, -0.25) is 20.2 Å². The van der Waals surface area contributed by atoms with Gasteiger partial charge in [-0.1, -0.05) is 77.2 Å². The third-order valence-corrected chi connectivity index (χ3v) is 6.15. The standard InChI is InChI=1S/C13H28O3S.C11H8N3O4/c1-2-3-4-5-6-7-8-9-10-11-12-13-17(14,15)16;15-13(16)9-4-5-10(11(8-9)14(17)18)12-6-2-1-3-7-12/h2-13H2,1H3,(H,14,15,16);1-8H/q;+1/p-1. The van der Waals surface area contributed by atoms with Crippen molar-refractivity contribution in [3.63, 3.8) is 0 Å². The summed E-state index contributed by atoms with van der Waals surface area (Å²) in [4.78, 5) is 20.2. The fourth-order valence-corrected chi connectivity index (χ4v) is 4.05. The topological polar surface area (TPSA) is 147 Å². The first-order valence-electron chi connectivity index (χ1n) is 12.0. The molecule has 0 atom stereocenters. The summed E-state index contributed by atoms with van der Waals surface area (Å²) in [5.41, 5.74) is -0.325.